The van der Waals surface area contributed by atoms with E-state index in [-0.39, 0.29) is 0 Å². The van der Waals surface area contributed by atoms with Crippen LogP contribution in [0.2, 0.25) is 0 Å². The van der Waals surface area contributed by atoms with E-state index in [1.54, 1.807) is 19.1 Å². The summed E-state index contributed by atoms with van der Waals surface area (Å²) >= 11 is 0. The van der Waals surface area contributed by atoms with Crippen LogP contribution in [0.3, 0.4) is 0 Å². The second kappa shape index (κ2) is 5.07. The molecule has 0 aromatic rings. The standard InChI is InChI=1S/C8H12FO2P/c1-3-5-8(6-4-2)7-12(9,10)11/h3-6H,1,7H2,2H3,(H,10,11)/b6-4-,8-5+. The van der Waals surface area contributed by atoms with Crippen molar-refractivity contribution in [3.63, 3.8) is 0 Å². The van der Waals surface area contributed by atoms with Crippen LogP contribution in [-0.4, -0.2) is 11.1 Å². The highest BCUT2D eigenvalue weighted by atomic mass is 31.2. The zero-order chi connectivity index (χ0) is 9.61. The fourth-order valence-electron chi connectivity index (χ4n) is 0.752. The van der Waals surface area contributed by atoms with Crippen molar-refractivity contribution in [2.45, 2.75) is 6.92 Å². The summed E-state index contributed by atoms with van der Waals surface area (Å²) in [5.41, 5.74) is 0.459. The molecule has 0 bridgehead atoms. The van der Waals surface area contributed by atoms with Crippen LogP contribution in [0.5, 0.6) is 0 Å². The molecule has 0 aliphatic heterocycles. The van der Waals surface area contributed by atoms with E-state index in [1.165, 1.54) is 12.2 Å². The Labute approximate surface area is 71.7 Å². The first-order valence-electron chi connectivity index (χ1n) is 3.45. The van der Waals surface area contributed by atoms with Gasteiger partial charge in [-0.15, -0.1) is 0 Å². The first-order chi connectivity index (χ1) is 5.49. The lowest BCUT2D eigenvalue weighted by molar-refractivity contribution is 0.433. The number of allylic oxidation sites excluding steroid dienone is 5. The van der Waals surface area contributed by atoms with Crippen molar-refractivity contribution in [2.75, 3.05) is 6.16 Å². The van der Waals surface area contributed by atoms with Gasteiger partial charge in [-0.1, -0.05) is 30.9 Å². The molecule has 0 aromatic heterocycles. The van der Waals surface area contributed by atoms with E-state index in [9.17, 15) is 8.76 Å². The lowest BCUT2D eigenvalue weighted by Crippen LogP contribution is -1.86. The molecule has 0 radical (unpaired) electrons. The average Bonchev–Trinajstić information content (AvgIpc) is 1.84. The van der Waals surface area contributed by atoms with E-state index in [1.807, 2.05) is 0 Å². The van der Waals surface area contributed by atoms with Gasteiger partial charge in [0.1, 0.15) is 0 Å². The predicted octanol–water partition coefficient (Wildman–Crippen LogP) is 2.83. The van der Waals surface area contributed by atoms with Gasteiger partial charge < -0.3 is 4.89 Å². The van der Waals surface area contributed by atoms with Gasteiger partial charge in [-0.3, -0.25) is 4.57 Å². The molecule has 0 saturated heterocycles. The lowest BCUT2D eigenvalue weighted by Gasteiger charge is -2.00. The van der Waals surface area contributed by atoms with E-state index in [0.29, 0.717) is 5.57 Å². The molecule has 0 aromatic carbocycles. The fraction of sp³-hybridized carbons (Fsp3) is 0.250. The molecule has 1 unspecified atom stereocenters. The van der Waals surface area contributed by atoms with Gasteiger partial charge in [0.15, 0.2) is 0 Å². The number of hydrogen-bond acceptors (Lipinski definition) is 1. The van der Waals surface area contributed by atoms with Crippen molar-refractivity contribution < 1.29 is 13.7 Å². The molecule has 0 aliphatic rings. The van der Waals surface area contributed by atoms with Gasteiger partial charge in [0.2, 0.25) is 0 Å². The second-order valence-electron chi connectivity index (χ2n) is 2.25. The monoisotopic (exact) mass is 190 g/mol. The summed E-state index contributed by atoms with van der Waals surface area (Å²) in [5, 5.41) is 0. The summed E-state index contributed by atoms with van der Waals surface area (Å²) in [6, 6.07) is 0. The first-order valence-corrected chi connectivity index (χ1v) is 5.19. The molecule has 68 valence electrons. The van der Waals surface area contributed by atoms with Crippen molar-refractivity contribution in [1.82, 2.24) is 0 Å². The van der Waals surface area contributed by atoms with E-state index in [4.69, 9.17) is 4.89 Å². The number of rotatable bonds is 4. The van der Waals surface area contributed by atoms with Crippen LogP contribution >= 0.6 is 7.68 Å². The van der Waals surface area contributed by atoms with Crippen molar-refractivity contribution >= 4 is 7.68 Å². The Kier molecular flexibility index (Phi) is 4.79. The Morgan fingerprint density at radius 2 is 2.33 bits per heavy atom. The molecule has 1 N–H and O–H groups in total. The SMILES string of the molecule is C=C/C=C(\C=C/C)CP(=O)(O)F. The van der Waals surface area contributed by atoms with Crippen molar-refractivity contribution in [1.29, 1.82) is 0 Å². The molecule has 0 heterocycles. The maximum absolute atomic E-state index is 12.3. The Hall–Kier alpha value is -0.660. The summed E-state index contributed by atoms with van der Waals surface area (Å²) < 4.78 is 22.6. The second-order valence-corrected chi connectivity index (χ2v) is 3.80. The molecule has 0 fully saturated rings. The van der Waals surface area contributed by atoms with Crippen LogP contribution in [-0.2, 0) is 4.57 Å². The fourth-order valence-corrected chi connectivity index (χ4v) is 1.41. The van der Waals surface area contributed by atoms with E-state index >= 15 is 0 Å². The Morgan fingerprint density at radius 3 is 2.67 bits per heavy atom. The molecule has 0 spiro atoms. The molecule has 2 nitrogen and oxygen atoms in total. The minimum absolute atomic E-state index is 0.455. The highest BCUT2D eigenvalue weighted by Gasteiger charge is 2.16. The van der Waals surface area contributed by atoms with Crippen LogP contribution in [0.1, 0.15) is 6.92 Å². The van der Waals surface area contributed by atoms with Crippen LogP contribution in [0.25, 0.3) is 0 Å². The van der Waals surface area contributed by atoms with Crippen molar-refractivity contribution in [2.24, 2.45) is 0 Å². The molecule has 0 amide bonds. The Morgan fingerprint density at radius 1 is 1.75 bits per heavy atom. The van der Waals surface area contributed by atoms with E-state index in [2.05, 4.69) is 6.58 Å². The molecular formula is C8H12FO2P. The highest BCUT2D eigenvalue weighted by Crippen LogP contribution is 2.43. The van der Waals surface area contributed by atoms with Gasteiger partial charge in [0.05, 0.1) is 6.16 Å². The molecule has 0 rings (SSSR count). The predicted molar refractivity (Wildman–Crippen MR) is 48.9 cm³/mol. The van der Waals surface area contributed by atoms with Crippen LogP contribution in [0, 0.1) is 0 Å². The number of hydrogen-bond donors (Lipinski definition) is 1. The quantitative estimate of drug-likeness (QED) is 0.546. The first kappa shape index (κ1) is 11.3. The Balaban J connectivity index is 4.45. The summed E-state index contributed by atoms with van der Waals surface area (Å²) in [4.78, 5) is 8.42. The van der Waals surface area contributed by atoms with Crippen molar-refractivity contribution in [3.05, 3.63) is 36.5 Å². The van der Waals surface area contributed by atoms with Gasteiger partial charge in [-0.25, -0.2) is 0 Å². The zero-order valence-corrected chi connectivity index (χ0v) is 7.80. The summed E-state index contributed by atoms with van der Waals surface area (Å²) in [7, 11) is -4.45. The van der Waals surface area contributed by atoms with Crippen LogP contribution < -0.4 is 0 Å². The lowest BCUT2D eigenvalue weighted by atomic mass is 10.2. The Bertz CT molecular complexity index is 250. The normalized spacial score (nSPS) is 17.8. The average molecular weight is 190 g/mol. The zero-order valence-electron chi connectivity index (χ0n) is 6.90. The van der Waals surface area contributed by atoms with Crippen molar-refractivity contribution in [3.8, 4) is 0 Å². The van der Waals surface area contributed by atoms with Crippen LogP contribution in [0.15, 0.2) is 36.5 Å². The van der Waals surface area contributed by atoms with Gasteiger partial charge in [0.25, 0.3) is 0 Å². The minimum Gasteiger partial charge on any atom is -0.321 e. The maximum atomic E-state index is 12.3. The topological polar surface area (TPSA) is 37.3 Å². The third-order valence-corrected chi connectivity index (χ3v) is 1.85. The third kappa shape index (κ3) is 6.08. The highest BCUT2D eigenvalue weighted by molar-refractivity contribution is 7.52. The van der Waals surface area contributed by atoms with Gasteiger partial charge in [-0.05, 0) is 12.5 Å². The van der Waals surface area contributed by atoms with E-state index < -0.39 is 13.8 Å². The van der Waals surface area contributed by atoms with Gasteiger partial charge >= 0.3 is 7.68 Å². The largest absolute Gasteiger partial charge is 0.369 e. The van der Waals surface area contributed by atoms with Crippen LogP contribution in [0.4, 0.5) is 4.20 Å². The van der Waals surface area contributed by atoms with Gasteiger partial charge in [-0.2, -0.15) is 4.20 Å². The summed E-state index contributed by atoms with van der Waals surface area (Å²) in [6.07, 6.45) is 5.74. The molecule has 4 heteroatoms. The summed E-state index contributed by atoms with van der Waals surface area (Å²) in [6.45, 7) is 5.16. The minimum atomic E-state index is -4.45. The summed E-state index contributed by atoms with van der Waals surface area (Å²) in [5.74, 6) is 0. The third-order valence-electron chi connectivity index (χ3n) is 1.09. The number of halogens is 1. The smallest absolute Gasteiger partial charge is 0.321 e. The molecule has 0 saturated carbocycles. The van der Waals surface area contributed by atoms with E-state index in [0.717, 1.165) is 0 Å². The maximum Gasteiger partial charge on any atom is 0.369 e. The molecule has 1 atom stereocenters. The molecular weight excluding hydrogens is 178 g/mol. The molecule has 0 aliphatic carbocycles. The van der Waals surface area contributed by atoms with Gasteiger partial charge in [0, 0.05) is 0 Å². The molecule has 12 heavy (non-hydrogen) atoms.